The second kappa shape index (κ2) is 6.80. The molecule has 4 nitrogen and oxygen atoms in total. The highest BCUT2D eigenvalue weighted by atomic mass is 32.2. The first-order valence-corrected chi connectivity index (χ1v) is 7.70. The topological polar surface area (TPSA) is 56.0 Å². The number of pyridine rings is 1. The molecule has 1 fully saturated rings. The molecule has 0 saturated heterocycles. The number of thioether (sulfide) groups is 1. The van der Waals surface area contributed by atoms with Gasteiger partial charge in [-0.3, -0.25) is 4.79 Å². The summed E-state index contributed by atoms with van der Waals surface area (Å²) in [5, 5.41) is 14.9. The van der Waals surface area contributed by atoms with Crippen LogP contribution >= 0.6 is 11.8 Å². The Bertz CT molecular complexity index is 433. The number of carbonyl (C=O) groups is 1. The fraction of sp³-hybridized carbons (Fsp3) is 0.571. The second-order valence-electron chi connectivity index (χ2n) is 4.97. The van der Waals surface area contributed by atoms with Crippen molar-refractivity contribution < 1.29 is 9.52 Å². The van der Waals surface area contributed by atoms with Crippen molar-refractivity contribution in [3.05, 3.63) is 29.6 Å². The Hall–Kier alpha value is -1.23. The van der Waals surface area contributed by atoms with Crippen molar-refractivity contribution in [3.63, 3.8) is 0 Å². The van der Waals surface area contributed by atoms with Crippen molar-refractivity contribution in [2.75, 3.05) is 0 Å². The van der Waals surface area contributed by atoms with E-state index in [1.165, 1.54) is 37.2 Å². The third kappa shape index (κ3) is 4.13. The molecule has 1 aromatic rings. The molecule has 1 N–H and O–H groups in total. The standard InChI is InChI=1S/C14H20N2O2S/c1-11(19-13-9-5-6-10-16(13)18)14(17)15-12-7-3-2-4-8-12/h5-6,9-12H,2-4,7-8H2,1H3,(H,15,17). The first-order chi connectivity index (χ1) is 9.16. The summed E-state index contributed by atoms with van der Waals surface area (Å²) < 4.78 is 0.801. The maximum Gasteiger partial charge on any atom is 0.252 e. The molecule has 5 heteroatoms. The van der Waals surface area contributed by atoms with Crippen LogP contribution in [0.2, 0.25) is 0 Å². The molecular weight excluding hydrogens is 260 g/mol. The normalized spacial score (nSPS) is 17.9. The third-order valence-corrected chi connectivity index (χ3v) is 4.53. The van der Waals surface area contributed by atoms with Crippen molar-refractivity contribution in [2.24, 2.45) is 0 Å². The summed E-state index contributed by atoms with van der Waals surface area (Å²) in [7, 11) is 0. The number of amides is 1. The summed E-state index contributed by atoms with van der Waals surface area (Å²) in [6, 6.07) is 5.55. The van der Waals surface area contributed by atoms with E-state index in [4.69, 9.17) is 0 Å². The van der Waals surface area contributed by atoms with E-state index in [0.717, 1.165) is 17.6 Å². The molecule has 2 rings (SSSR count). The molecule has 1 aliphatic carbocycles. The van der Waals surface area contributed by atoms with Gasteiger partial charge in [-0.2, -0.15) is 4.73 Å². The van der Waals surface area contributed by atoms with E-state index in [1.54, 1.807) is 12.1 Å². The van der Waals surface area contributed by atoms with Gasteiger partial charge in [0.15, 0.2) is 6.20 Å². The fourth-order valence-electron chi connectivity index (χ4n) is 2.30. The van der Waals surface area contributed by atoms with Crippen molar-refractivity contribution in [1.82, 2.24) is 5.32 Å². The van der Waals surface area contributed by atoms with Crippen LogP contribution in [0.3, 0.4) is 0 Å². The molecule has 0 aliphatic heterocycles. The predicted octanol–water partition coefficient (Wildman–Crippen LogP) is 2.25. The molecule has 19 heavy (non-hydrogen) atoms. The van der Waals surface area contributed by atoms with Gasteiger partial charge in [0.05, 0.1) is 5.25 Å². The average Bonchev–Trinajstić information content (AvgIpc) is 2.42. The molecule has 1 aromatic heterocycles. The number of aromatic nitrogens is 1. The molecule has 0 aromatic carbocycles. The molecule has 1 saturated carbocycles. The number of hydrogen-bond donors (Lipinski definition) is 1. The molecule has 0 bridgehead atoms. The lowest BCUT2D eigenvalue weighted by Crippen LogP contribution is -2.41. The number of hydrogen-bond acceptors (Lipinski definition) is 3. The zero-order valence-corrected chi connectivity index (χ0v) is 12.0. The molecule has 0 spiro atoms. The Morgan fingerprint density at radius 2 is 2.16 bits per heavy atom. The number of nitrogens with one attached hydrogen (secondary N) is 1. The highest BCUT2D eigenvalue weighted by molar-refractivity contribution is 8.00. The number of rotatable bonds is 4. The Balaban J connectivity index is 1.87. The Kier molecular flexibility index (Phi) is 5.07. The summed E-state index contributed by atoms with van der Waals surface area (Å²) >= 11 is 1.31. The van der Waals surface area contributed by atoms with Crippen LogP contribution in [0.5, 0.6) is 0 Å². The van der Waals surface area contributed by atoms with Gasteiger partial charge in [0.2, 0.25) is 5.91 Å². The van der Waals surface area contributed by atoms with Crippen LogP contribution in [0.4, 0.5) is 0 Å². The van der Waals surface area contributed by atoms with Gasteiger partial charge >= 0.3 is 0 Å². The molecule has 0 radical (unpaired) electrons. The largest absolute Gasteiger partial charge is 0.618 e. The lowest BCUT2D eigenvalue weighted by Gasteiger charge is -2.24. The van der Waals surface area contributed by atoms with Crippen LogP contribution in [0.25, 0.3) is 0 Å². The van der Waals surface area contributed by atoms with Crippen LogP contribution in [-0.4, -0.2) is 17.2 Å². The highest BCUT2D eigenvalue weighted by Gasteiger charge is 2.22. The van der Waals surface area contributed by atoms with Gasteiger partial charge < -0.3 is 10.5 Å². The van der Waals surface area contributed by atoms with E-state index in [1.807, 2.05) is 13.0 Å². The molecular formula is C14H20N2O2S. The highest BCUT2D eigenvalue weighted by Crippen LogP contribution is 2.21. The molecule has 1 heterocycles. The zero-order chi connectivity index (χ0) is 13.7. The molecule has 1 amide bonds. The minimum atomic E-state index is -0.246. The minimum absolute atomic E-state index is 0.0285. The lowest BCUT2D eigenvalue weighted by atomic mass is 9.95. The van der Waals surface area contributed by atoms with Gasteiger partial charge in [0, 0.05) is 18.2 Å². The van der Waals surface area contributed by atoms with Crippen molar-refractivity contribution in [3.8, 4) is 0 Å². The smallest absolute Gasteiger partial charge is 0.252 e. The lowest BCUT2D eigenvalue weighted by molar-refractivity contribution is -0.645. The SMILES string of the molecule is CC(Sc1cccc[n+]1[O-])C(=O)NC1CCCCC1. The van der Waals surface area contributed by atoms with E-state index in [9.17, 15) is 10.0 Å². The van der Waals surface area contributed by atoms with Gasteiger partial charge in [-0.15, -0.1) is 0 Å². The molecule has 104 valence electrons. The van der Waals surface area contributed by atoms with Crippen molar-refractivity contribution in [1.29, 1.82) is 0 Å². The summed E-state index contributed by atoms with van der Waals surface area (Å²) in [4.78, 5) is 12.1. The minimum Gasteiger partial charge on any atom is -0.618 e. The van der Waals surface area contributed by atoms with E-state index >= 15 is 0 Å². The fourth-order valence-corrected chi connectivity index (χ4v) is 3.16. The van der Waals surface area contributed by atoms with Gasteiger partial charge in [0.25, 0.3) is 5.03 Å². The van der Waals surface area contributed by atoms with Crippen LogP contribution in [0.15, 0.2) is 29.4 Å². The molecule has 1 unspecified atom stereocenters. The Labute approximate surface area is 118 Å². The first-order valence-electron chi connectivity index (χ1n) is 6.82. The molecule has 1 atom stereocenters. The summed E-state index contributed by atoms with van der Waals surface area (Å²) in [6.07, 6.45) is 7.29. The van der Waals surface area contributed by atoms with Crippen molar-refractivity contribution in [2.45, 2.75) is 55.3 Å². The number of nitrogens with zero attached hydrogens (tertiary/aromatic N) is 1. The zero-order valence-electron chi connectivity index (χ0n) is 11.2. The third-order valence-electron chi connectivity index (χ3n) is 3.41. The predicted molar refractivity (Wildman–Crippen MR) is 75.7 cm³/mol. The Morgan fingerprint density at radius 1 is 1.42 bits per heavy atom. The van der Waals surface area contributed by atoms with E-state index in [-0.39, 0.29) is 11.2 Å². The van der Waals surface area contributed by atoms with E-state index in [2.05, 4.69) is 5.32 Å². The number of carbonyl (C=O) groups excluding carboxylic acids is 1. The monoisotopic (exact) mass is 280 g/mol. The maximum absolute atomic E-state index is 12.1. The molecule has 1 aliphatic rings. The maximum atomic E-state index is 12.1. The summed E-state index contributed by atoms with van der Waals surface area (Å²) in [5.41, 5.74) is 0. The first kappa shape index (κ1) is 14.2. The average molecular weight is 280 g/mol. The Morgan fingerprint density at radius 3 is 2.84 bits per heavy atom. The van der Waals surface area contributed by atoms with Gasteiger partial charge in [-0.25, -0.2) is 0 Å². The van der Waals surface area contributed by atoms with Crippen LogP contribution < -0.4 is 10.0 Å². The second-order valence-corrected chi connectivity index (χ2v) is 6.33. The van der Waals surface area contributed by atoms with Crippen LogP contribution in [0.1, 0.15) is 39.0 Å². The summed E-state index contributed by atoms with van der Waals surface area (Å²) in [6.45, 7) is 1.84. The van der Waals surface area contributed by atoms with Gasteiger partial charge in [0.1, 0.15) is 0 Å². The van der Waals surface area contributed by atoms with Gasteiger partial charge in [-0.1, -0.05) is 19.3 Å². The van der Waals surface area contributed by atoms with Crippen molar-refractivity contribution >= 4 is 17.7 Å². The van der Waals surface area contributed by atoms with Gasteiger partial charge in [-0.05, 0) is 37.6 Å². The van der Waals surface area contributed by atoms with E-state index < -0.39 is 0 Å². The van der Waals surface area contributed by atoms with Crippen LogP contribution in [-0.2, 0) is 4.79 Å². The van der Waals surface area contributed by atoms with Crippen LogP contribution in [0, 0.1) is 5.21 Å². The van der Waals surface area contributed by atoms with E-state index in [0.29, 0.717) is 11.1 Å². The summed E-state index contributed by atoms with van der Waals surface area (Å²) in [5.74, 6) is 0.0285. The quantitative estimate of drug-likeness (QED) is 0.523.